The molecule has 2 nitrogen and oxygen atoms in total. The van der Waals surface area contributed by atoms with Crippen molar-refractivity contribution >= 4 is 23.6 Å². The minimum atomic E-state index is -0.234. The average Bonchev–Trinajstić information content (AvgIpc) is 2.49. The molecule has 15 heavy (non-hydrogen) atoms. The predicted molar refractivity (Wildman–Crippen MR) is 59.6 cm³/mol. The Balaban J connectivity index is 2.31. The summed E-state index contributed by atoms with van der Waals surface area (Å²) >= 11 is 5.99. The summed E-state index contributed by atoms with van der Waals surface area (Å²) < 4.78 is 5.04. The van der Waals surface area contributed by atoms with Crippen molar-refractivity contribution in [3.63, 3.8) is 0 Å². The Bertz CT molecular complexity index is 423. The van der Waals surface area contributed by atoms with E-state index in [1.54, 1.807) is 12.1 Å². The zero-order valence-electron chi connectivity index (χ0n) is 8.37. The molecule has 2 rings (SSSR count). The van der Waals surface area contributed by atoms with E-state index in [9.17, 15) is 4.79 Å². The summed E-state index contributed by atoms with van der Waals surface area (Å²) in [6, 6.07) is 7.44. The van der Waals surface area contributed by atoms with Crippen LogP contribution in [0, 0.1) is 0 Å². The van der Waals surface area contributed by atoms with Crippen molar-refractivity contribution < 1.29 is 9.53 Å². The number of benzene rings is 1. The van der Waals surface area contributed by atoms with Gasteiger partial charge in [-0.25, -0.2) is 4.79 Å². The number of esters is 1. The van der Waals surface area contributed by atoms with E-state index in [1.165, 1.54) is 0 Å². The molecule has 1 aliphatic rings. The summed E-state index contributed by atoms with van der Waals surface area (Å²) in [4.78, 5) is 11.4. The van der Waals surface area contributed by atoms with Crippen LogP contribution in [0.4, 0.5) is 0 Å². The summed E-state index contributed by atoms with van der Waals surface area (Å²) in [5.41, 5.74) is 1.55. The molecule has 1 aliphatic heterocycles. The van der Waals surface area contributed by atoms with Crippen LogP contribution in [-0.2, 0) is 9.53 Å². The SMILES string of the molecule is C[C@H]1CC(=Cc2ccccc2Cl)C(=O)O1. The van der Waals surface area contributed by atoms with Crippen LogP contribution in [0.1, 0.15) is 18.9 Å². The van der Waals surface area contributed by atoms with Gasteiger partial charge in [-0.05, 0) is 24.6 Å². The zero-order valence-corrected chi connectivity index (χ0v) is 9.12. The Kier molecular flexibility index (Phi) is 2.78. The molecule has 0 bridgehead atoms. The average molecular weight is 223 g/mol. The predicted octanol–water partition coefficient (Wildman–Crippen LogP) is 3.06. The molecule has 0 saturated carbocycles. The zero-order chi connectivity index (χ0) is 10.8. The fraction of sp³-hybridized carbons (Fsp3) is 0.250. The summed E-state index contributed by atoms with van der Waals surface area (Å²) in [6.07, 6.45) is 2.43. The maximum Gasteiger partial charge on any atom is 0.334 e. The maximum absolute atomic E-state index is 11.4. The van der Waals surface area contributed by atoms with Crippen molar-refractivity contribution in [1.29, 1.82) is 0 Å². The molecule has 0 spiro atoms. The van der Waals surface area contributed by atoms with E-state index < -0.39 is 0 Å². The van der Waals surface area contributed by atoms with Gasteiger partial charge in [-0.1, -0.05) is 29.8 Å². The molecule has 3 heteroatoms. The second-order valence-electron chi connectivity index (χ2n) is 3.61. The quantitative estimate of drug-likeness (QED) is 0.539. The molecule has 1 aromatic rings. The van der Waals surface area contributed by atoms with Crippen LogP contribution in [0.3, 0.4) is 0 Å². The highest BCUT2D eigenvalue weighted by atomic mass is 35.5. The Morgan fingerprint density at radius 3 is 2.80 bits per heavy atom. The van der Waals surface area contributed by atoms with Gasteiger partial charge >= 0.3 is 5.97 Å². The van der Waals surface area contributed by atoms with Gasteiger partial charge in [0.05, 0.1) is 0 Å². The summed E-state index contributed by atoms with van der Waals surface area (Å²) in [7, 11) is 0. The summed E-state index contributed by atoms with van der Waals surface area (Å²) in [5.74, 6) is -0.234. The number of hydrogen-bond donors (Lipinski definition) is 0. The molecular formula is C12H11ClO2. The monoisotopic (exact) mass is 222 g/mol. The first-order valence-corrected chi connectivity index (χ1v) is 5.20. The van der Waals surface area contributed by atoms with Gasteiger partial charge in [-0.15, -0.1) is 0 Å². The van der Waals surface area contributed by atoms with Gasteiger partial charge in [0.25, 0.3) is 0 Å². The van der Waals surface area contributed by atoms with Gasteiger partial charge in [0.15, 0.2) is 0 Å². The van der Waals surface area contributed by atoms with Crippen LogP contribution in [0.2, 0.25) is 5.02 Å². The minimum absolute atomic E-state index is 0.0220. The fourth-order valence-electron chi connectivity index (χ4n) is 1.59. The molecule has 1 fully saturated rings. The number of cyclic esters (lactones) is 1. The molecule has 0 N–H and O–H groups in total. The van der Waals surface area contributed by atoms with E-state index in [-0.39, 0.29) is 12.1 Å². The molecule has 0 amide bonds. The lowest BCUT2D eigenvalue weighted by atomic mass is 10.1. The highest BCUT2D eigenvalue weighted by Crippen LogP contribution is 2.25. The Morgan fingerprint density at radius 2 is 2.20 bits per heavy atom. The number of hydrogen-bond acceptors (Lipinski definition) is 2. The first-order valence-electron chi connectivity index (χ1n) is 4.83. The lowest BCUT2D eigenvalue weighted by molar-refractivity contribution is -0.138. The third kappa shape index (κ3) is 2.21. The Hall–Kier alpha value is -1.28. The number of rotatable bonds is 1. The van der Waals surface area contributed by atoms with Crippen molar-refractivity contribution in [2.24, 2.45) is 0 Å². The summed E-state index contributed by atoms with van der Waals surface area (Å²) in [6.45, 7) is 1.88. The van der Waals surface area contributed by atoms with Crippen molar-refractivity contribution in [3.8, 4) is 0 Å². The van der Waals surface area contributed by atoms with Crippen molar-refractivity contribution in [1.82, 2.24) is 0 Å². The van der Waals surface area contributed by atoms with E-state index in [0.717, 1.165) is 5.56 Å². The van der Waals surface area contributed by atoms with Gasteiger partial charge in [-0.2, -0.15) is 0 Å². The fourth-order valence-corrected chi connectivity index (χ4v) is 1.78. The number of carbonyl (C=O) groups excluding carboxylic acids is 1. The number of carbonyl (C=O) groups is 1. The Labute approximate surface area is 93.5 Å². The minimum Gasteiger partial charge on any atom is -0.459 e. The lowest BCUT2D eigenvalue weighted by Crippen LogP contribution is -1.99. The topological polar surface area (TPSA) is 26.3 Å². The van der Waals surface area contributed by atoms with E-state index in [2.05, 4.69) is 0 Å². The van der Waals surface area contributed by atoms with Crippen LogP contribution < -0.4 is 0 Å². The molecule has 0 unspecified atom stereocenters. The first-order chi connectivity index (χ1) is 7.16. The smallest absolute Gasteiger partial charge is 0.334 e. The maximum atomic E-state index is 11.4. The van der Waals surface area contributed by atoms with Gasteiger partial charge < -0.3 is 4.74 Å². The first kappa shape index (κ1) is 10.2. The Morgan fingerprint density at radius 1 is 1.47 bits per heavy atom. The van der Waals surface area contributed by atoms with Crippen LogP contribution >= 0.6 is 11.6 Å². The molecule has 1 saturated heterocycles. The van der Waals surface area contributed by atoms with Crippen LogP contribution in [-0.4, -0.2) is 12.1 Å². The van der Waals surface area contributed by atoms with Gasteiger partial charge in [-0.3, -0.25) is 0 Å². The molecule has 0 aromatic heterocycles. The van der Waals surface area contributed by atoms with E-state index in [1.807, 2.05) is 25.1 Å². The van der Waals surface area contributed by atoms with E-state index in [0.29, 0.717) is 17.0 Å². The van der Waals surface area contributed by atoms with Gasteiger partial charge in [0.2, 0.25) is 0 Å². The normalized spacial score (nSPS) is 23.2. The standard InChI is InChI=1S/C12H11ClO2/c1-8-6-10(12(14)15-8)7-9-4-2-3-5-11(9)13/h2-5,7-8H,6H2,1H3/t8-/m0/s1. The largest absolute Gasteiger partial charge is 0.459 e. The second-order valence-corrected chi connectivity index (χ2v) is 4.02. The summed E-state index contributed by atoms with van der Waals surface area (Å²) in [5, 5.41) is 0.650. The lowest BCUT2D eigenvalue weighted by Gasteiger charge is -1.97. The van der Waals surface area contributed by atoms with Gasteiger partial charge in [0, 0.05) is 17.0 Å². The number of halogens is 1. The third-order valence-electron chi connectivity index (χ3n) is 2.31. The van der Waals surface area contributed by atoms with Crippen LogP contribution in [0.15, 0.2) is 29.8 Å². The van der Waals surface area contributed by atoms with Crippen LogP contribution in [0.5, 0.6) is 0 Å². The van der Waals surface area contributed by atoms with Crippen molar-refractivity contribution in [2.75, 3.05) is 0 Å². The van der Waals surface area contributed by atoms with Crippen molar-refractivity contribution in [2.45, 2.75) is 19.4 Å². The highest BCUT2D eigenvalue weighted by Gasteiger charge is 2.25. The third-order valence-corrected chi connectivity index (χ3v) is 2.66. The molecule has 0 radical (unpaired) electrons. The number of ether oxygens (including phenoxy) is 1. The molecular weight excluding hydrogens is 212 g/mol. The van der Waals surface area contributed by atoms with Crippen molar-refractivity contribution in [3.05, 3.63) is 40.4 Å². The second kappa shape index (κ2) is 4.07. The van der Waals surface area contributed by atoms with Gasteiger partial charge in [0.1, 0.15) is 6.10 Å². The highest BCUT2D eigenvalue weighted by molar-refractivity contribution is 6.32. The molecule has 1 aromatic carbocycles. The van der Waals surface area contributed by atoms with E-state index in [4.69, 9.17) is 16.3 Å². The molecule has 0 aliphatic carbocycles. The van der Waals surface area contributed by atoms with E-state index >= 15 is 0 Å². The molecule has 1 atom stereocenters. The van der Waals surface area contributed by atoms with Crippen LogP contribution in [0.25, 0.3) is 6.08 Å². The molecule has 1 heterocycles. The molecule has 78 valence electrons.